The van der Waals surface area contributed by atoms with Gasteiger partial charge in [-0.15, -0.1) is 11.3 Å². The van der Waals surface area contributed by atoms with Gasteiger partial charge in [-0.2, -0.15) is 0 Å². The largest absolute Gasteiger partial charge is 0.347 e. The van der Waals surface area contributed by atoms with Gasteiger partial charge in [0.15, 0.2) is 0 Å². The quantitative estimate of drug-likeness (QED) is 0.654. The Kier molecular flexibility index (Phi) is 5.13. The molecule has 1 aliphatic carbocycles. The van der Waals surface area contributed by atoms with Gasteiger partial charge in [0.25, 0.3) is 0 Å². The van der Waals surface area contributed by atoms with Gasteiger partial charge in [0.2, 0.25) is 0 Å². The van der Waals surface area contributed by atoms with E-state index >= 15 is 0 Å². The Balaban J connectivity index is 1.47. The second kappa shape index (κ2) is 7.72. The van der Waals surface area contributed by atoms with Crippen LogP contribution in [-0.2, 0) is 15.0 Å². The molecule has 0 saturated heterocycles. The third-order valence-corrected chi connectivity index (χ3v) is 6.61. The maximum Gasteiger partial charge on any atom is 0.313 e. The number of carbonyl (C=O) groups excluding carboxylic acids is 2. The van der Waals surface area contributed by atoms with Crippen molar-refractivity contribution < 1.29 is 9.59 Å². The number of carbonyl (C=O) groups is 2. The lowest BCUT2D eigenvalue weighted by Crippen LogP contribution is -2.43. The highest BCUT2D eigenvalue weighted by Crippen LogP contribution is 2.42. The van der Waals surface area contributed by atoms with Gasteiger partial charge in [-0.05, 0) is 43.3 Å². The highest BCUT2D eigenvalue weighted by atomic mass is 32.1. The number of hydrogen-bond donors (Lipinski definition) is 2. The molecule has 6 heteroatoms. The predicted octanol–water partition coefficient (Wildman–Crippen LogP) is 4.17. The highest BCUT2D eigenvalue weighted by molar-refractivity contribution is 7.10. The maximum atomic E-state index is 12.5. The van der Waals surface area contributed by atoms with Crippen LogP contribution in [0.15, 0.2) is 47.8 Å². The summed E-state index contributed by atoms with van der Waals surface area (Å²) in [6.45, 7) is 2.36. The van der Waals surface area contributed by atoms with Gasteiger partial charge in [-0.3, -0.25) is 14.6 Å². The van der Waals surface area contributed by atoms with Crippen molar-refractivity contribution in [2.24, 2.45) is 0 Å². The molecule has 28 heavy (non-hydrogen) atoms. The predicted molar refractivity (Wildman–Crippen MR) is 113 cm³/mol. The molecule has 1 aliphatic rings. The third kappa shape index (κ3) is 3.64. The van der Waals surface area contributed by atoms with Crippen LogP contribution in [0.1, 0.15) is 36.3 Å². The van der Waals surface area contributed by atoms with Gasteiger partial charge >= 0.3 is 11.8 Å². The second-order valence-corrected chi connectivity index (χ2v) is 8.38. The van der Waals surface area contributed by atoms with Crippen molar-refractivity contribution in [3.8, 4) is 0 Å². The minimum Gasteiger partial charge on any atom is -0.347 e. The Hall–Kier alpha value is -2.73. The van der Waals surface area contributed by atoms with E-state index in [1.54, 1.807) is 17.4 Å². The minimum absolute atomic E-state index is 0.0376. The van der Waals surface area contributed by atoms with Crippen molar-refractivity contribution in [1.29, 1.82) is 0 Å². The lowest BCUT2D eigenvalue weighted by atomic mass is 9.84. The van der Waals surface area contributed by atoms with Gasteiger partial charge in [0.05, 0.1) is 11.2 Å². The summed E-state index contributed by atoms with van der Waals surface area (Å²) in [6, 6.07) is 13.5. The fraction of sp³-hybridized carbons (Fsp3) is 0.318. The van der Waals surface area contributed by atoms with Crippen molar-refractivity contribution >= 4 is 39.7 Å². The first kappa shape index (κ1) is 18.6. The lowest BCUT2D eigenvalue weighted by Gasteiger charge is -2.28. The summed E-state index contributed by atoms with van der Waals surface area (Å²) in [6.07, 6.45) is 4.40. The highest BCUT2D eigenvalue weighted by Gasteiger charge is 2.37. The number of hydrogen-bond acceptors (Lipinski definition) is 4. The van der Waals surface area contributed by atoms with E-state index in [1.165, 1.54) is 4.88 Å². The molecule has 0 spiro atoms. The molecule has 0 aliphatic heterocycles. The van der Waals surface area contributed by atoms with E-state index in [-0.39, 0.29) is 5.41 Å². The van der Waals surface area contributed by atoms with Gasteiger partial charge in [0.1, 0.15) is 0 Å². The number of para-hydroxylation sites is 1. The monoisotopic (exact) mass is 393 g/mol. The molecular weight excluding hydrogens is 370 g/mol. The summed E-state index contributed by atoms with van der Waals surface area (Å²) in [5.74, 6) is -1.24. The average molecular weight is 394 g/mol. The molecule has 4 rings (SSSR count). The summed E-state index contributed by atoms with van der Waals surface area (Å²) in [7, 11) is 0. The minimum atomic E-state index is -0.643. The van der Waals surface area contributed by atoms with Crippen LogP contribution in [0.25, 0.3) is 10.9 Å². The Bertz CT molecular complexity index is 1010. The molecule has 1 fully saturated rings. The van der Waals surface area contributed by atoms with Gasteiger partial charge in [0, 0.05) is 27.9 Å². The van der Waals surface area contributed by atoms with Crippen LogP contribution in [0.3, 0.4) is 0 Å². The van der Waals surface area contributed by atoms with E-state index in [0.29, 0.717) is 12.2 Å². The number of anilines is 1. The average Bonchev–Trinajstić information content (AvgIpc) is 3.38. The molecule has 5 nitrogen and oxygen atoms in total. The molecule has 2 amide bonds. The molecular formula is C22H23N3O2S. The van der Waals surface area contributed by atoms with Crippen LogP contribution >= 0.6 is 11.3 Å². The number of aryl methyl sites for hydroxylation is 1. The van der Waals surface area contributed by atoms with Crippen molar-refractivity contribution in [3.63, 3.8) is 0 Å². The number of thiophene rings is 1. The van der Waals surface area contributed by atoms with Crippen molar-refractivity contribution in [3.05, 3.63) is 58.4 Å². The molecule has 2 heterocycles. The Morgan fingerprint density at radius 2 is 1.89 bits per heavy atom. The van der Waals surface area contributed by atoms with Crippen LogP contribution in [0.5, 0.6) is 0 Å². The normalized spacial score (nSPS) is 15.5. The third-order valence-electron chi connectivity index (χ3n) is 5.49. The fourth-order valence-electron chi connectivity index (χ4n) is 4.06. The van der Waals surface area contributed by atoms with E-state index in [4.69, 9.17) is 0 Å². The zero-order chi connectivity index (χ0) is 19.6. The summed E-state index contributed by atoms with van der Waals surface area (Å²) in [4.78, 5) is 30.8. The summed E-state index contributed by atoms with van der Waals surface area (Å²) in [5.41, 5.74) is 2.15. The number of benzene rings is 1. The van der Waals surface area contributed by atoms with Crippen LogP contribution in [0, 0.1) is 6.92 Å². The van der Waals surface area contributed by atoms with Crippen LogP contribution in [-0.4, -0.2) is 23.3 Å². The summed E-state index contributed by atoms with van der Waals surface area (Å²) >= 11 is 1.73. The van der Waals surface area contributed by atoms with Crippen molar-refractivity contribution in [2.45, 2.75) is 38.0 Å². The Morgan fingerprint density at radius 3 is 2.64 bits per heavy atom. The zero-order valence-electron chi connectivity index (χ0n) is 15.8. The van der Waals surface area contributed by atoms with Gasteiger partial charge in [-0.1, -0.05) is 37.1 Å². The van der Waals surface area contributed by atoms with E-state index in [9.17, 15) is 9.59 Å². The fourth-order valence-corrected chi connectivity index (χ4v) is 5.05. The number of amides is 2. The molecule has 1 saturated carbocycles. The van der Waals surface area contributed by atoms with Crippen LogP contribution in [0.2, 0.25) is 0 Å². The first-order chi connectivity index (χ1) is 13.6. The summed E-state index contributed by atoms with van der Waals surface area (Å²) in [5, 5.41) is 8.53. The second-order valence-electron chi connectivity index (χ2n) is 7.43. The van der Waals surface area contributed by atoms with E-state index in [2.05, 4.69) is 27.1 Å². The van der Waals surface area contributed by atoms with E-state index in [1.807, 2.05) is 37.3 Å². The standard InChI is InChI=1S/C22H23N3O2S/c1-15-13-18(16-7-2-3-8-17(16)24-15)25-21(27)20(26)23-14-22(10-4-5-11-22)19-9-6-12-28-19/h2-3,6-9,12-13H,4-5,10-11,14H2,1H3,(H,23,26)(H,24,25,27). The molecule has 0 bridgehead atoms. The van der Waals surface area contributed by atoms with Crippen molar-refractivity contribution in [1.82, 2.24) is 10.3 Å². The number of nitrogens with zero attached hydrogens (tertiary/aromatic N) is 1. The molecule has 0 radical (unpaired) electrons. The van der Waals surface area contributed by atoms with Gasteiger partial charge in [-0.25, -0.2) is 0 Å². The molecule has 1 aromatic carbocycles. The number of pyridine rings is 1. The SMILES string of the molecule is Cc1cc(NC(=O)C(=O)NCC2(c3cccs3)CCCC2)c2ccccc2n1. The van der Waals surface area contributed by atoms with E-state index < -0.39 is 11.8 Å². The zero-order valence-corrected chi connectivity index (χ0v) is 16.6. The smallest absolute Gasteiger partial charge is 0.313 e. The molecule has 2 N–H and O–H groups in total. The Morgan fingerprint density at radius 1 is 1.11 bits per heavy atom. The molecule has 0 unspecified atom stereocenters. The van der Waals surface area contributed by atoms with E-state index in [0.717, 1.165) is 42.3 Å². The molecule has 0 atom stereocenters. The number of nitrogens with one attached hydrogen (secondary N) is 2. The van der Waals surface area contributed by atoms with Gasteiger partial charge < -0.3 is 10.6 Å². The number of aromatic nitrogens is 1. The molecule has 3 aromatic rings. The number of rotatable bonds is 4. The lowest BCUT2D eigenvalue weighted by molar-refractivity contribution is -0.136. The van der Waals surface area contributed by atoms with Crippen LogP contribution in [0.4, 0.5) is 5.69 Å². The summed E-state index contributed by atoms with van der Waals surface area (Å²) < 4.78 is 0. The number of fused-ring (bicyclic) bond motifs is 1. The maximum absolute atomic E-state index is 12.5. The van der Waals surface area contributed by atoms with Crippen molar-refractivity contribution in [2.75, 3.05) is 11.9 Å². The van der Waals surface area contributed by atoms with Crippen LogP contribution < -0.4 is 10.6 Å². The molecule has 2 aromatic heterocycles. The molecule has 144 valence electrons. The topological polar surface area (TPSA) is 71.1 Å². The first-order valence-electron chi connectivity index (χ1n) is 9.57. The first-order valence-corrected chi connectivity index (χ1v) is 10.4. The Labute approximate surface area is 168 Å².